The minimum absolute atomic E-state index is 0.213. The number of nitrogens with zero attached hydrogens (tertiary/aromatic N) is 3. The first-order chi connectivity index (χ1) is 13.5. The number of pyridine rings is 1. The molecular formula is C21H18ClN3O2S. The van der Waals surface area contributed by atoms with E-state index >= 15 is 0 Å². The Labute approximate surface area is 171 Å². The number of halogens is 1. The zero-order valence-corrected chi connectivity index (χ0v) is 17.1. The van der Waals surface area contributed by atoms with Gasteiger partial charge in [0.25, 0.3) is 0 Å². The first kappa shape index (κ1) is 17.9. The van der Waals surface area contributed by atoms with Crippen molar-refractivity contribution in [2.24, 2.45) is 0 Å². The van der Waals surface area contributed by atoms with Crippen LogP contribution < -0.4 is 0 Å². The molecule has 28 heavy (non-hydrogen) atoms. The van der Waals surface area contributed by atoms with E-state index < -0.39 is 0 Å². The van der Waals surface area contributed by atoms with Crippen molar-refractivity contribution in [1.29, 1.82) is 0 Å². The molecule has 0 bridgehead atoms. The van der Waals surface area contributed by atoms with Crippen LogP contribution in [0.3, 0.4) is 0 Å². The SMILES string of the molecule is CC1(C)Cc2nc3oc4c(SCc5ccccc5Cl)ncnc4c3cc2CO1. The Morgan fingerprint density at radius 3 is 2.93 bits per heavy atom. The second kappa shape index (κ2) is 6.72. The molecule has 0 saturated carbocycles. The molecule has 142 valence electrons. The molecule has 0 atom stereocenters. The number of fused-ring (bicyclic) bond motifs is 4. The number of thioether (sulfide) groups is 1. The number of benzene rings is 1. The highest BCUT2D eigenvalue weighted by molar-refractivity contribution is 7.98. The molecule has 0 aliphatic carbocycles. The van der Waals surface area contributed by atoms with Gasteiger partial charge in [-0.1, -0.05) is 41.6 Å². The molecule has 0 saturated heterocycles. The molecule has 1 aliphatic heterocycles. The third kappa shape index (κ3) is 3.15. The molecular weight excluding hydrogens is 394 g/mol. The van der Waals surface area contributed by atoms with Crippen molar-refractivity contribution in [2.75, 3.05) is 0 Å². The zero-order valence-electron chi connectivity index (χ0n) is 15.5. The fourth-order valence-corrected chi connectivity index (χ4v) is 4.65. The van der Waals surface area contributed by atoms with E-state index in [-0.39, 0.29) is 5.60 Å². The summed E-state index contributed by atoms with van der Waals surface area (Å²) < 4.78 is 12.0. The second-order valence-electron chi connectivity index (χ2n) is 7.51. The highest BCUT2D eigenvalue weighted by Gasteiger charge is 2.28. The van der Waals surface area contributed by atoms with Crippen molar-refractivity contribution >= 4 is 45.6 Å². The third-order valence-electron chi connectivity index (χ3n) is 4.91. The minimum Gasteiger partial charge on any atom is -0.433 e. The van der Waals surface area contributed by atoms with Crippen LogP contribution in [0.15, 0.2) is 46.1 Å². The Morgan fingerprint density at radius 1 is 1.21 bits per heavy atom. The maximum absolute atomic E-state index is 6.28. The molecule has 7 heteroatoms. The van der Waals surface area contributed by atoms with E-state index in [0.29, 0.717) is 23.7 Å². The zero-order chi connectivity index (χ0) is 19.3. The summed E-state index contributed by atoms with van der Waals surface area (Å²) in [6, 6.07) is 9.91. The lowest BCUT2D eigenvalue weighted by molar-refractivity contribution is -0.0411. The van der Waals surface area contributed by atoms with Gasteiger partial charge in [0.2, 0.25) is 5.71 Å². The number of ether oxygens (including phenoxy) is 1. The highest BCUT2D eigenvalue weighted by Crippen LogP contribution is 2.36. The van der Waals surface area contributed by atoms with Crippen molar-refractivity contribution < 1.29 is 9.15 Å². The normalized spacial score (nSPS) is 15.8. The topological polar surface area (TPSA) is 61.0 Å². The number of furan rings is 1. The first-order valence-electron chi connectivity index (χ1n) is 9.06. The Bertz CT molecular complexity index is 1210. The summed E-state index contributed by atoms with van der Waals surface area (Å²) in [5, 5.41) is 2.44. The fraction of sp³-hybridized carbons (Fsp3) is 0.286. The minimum atomic E-state index is -0.213. The van der Waals surface area contributed by atoms with E-state index in [2.05, 4.69) is 29.9 Å². The number of hydrogen-bond acceptors (Lipinski definition) is 6. The molecule has 0 fully saturated rings. The quantitative estimate of drug-likeness (QED) is 0.324. The molecule has 4 aromatic rings. The standard InChI is InChI=1S/C21H18ClN3O2S/c1-21(2)8-16-13(9-26-21)7-14-17-18(27-19(14)25-16)20(24-11-23-17)28-10-12-5-3-4-6-15(12)22/h3-7,11H,8-10H2,1-2H3. The van der Waals surface area contributed by atoms with Gasteiger partial charge in [-0.2, -0.15) is 0 Å². The molecule has 3 aromatic heterocycles. The third-order valence-corrected chi connectivity index (χ3v) is 6.30. The summed E-state index contributed by atoms with van der Waals surface area (Å²) in [4.78, 5) is 13.7. The predicted molar refractivity (Wildman–Crippen MR) is 111 cm³/mol. The van der Waals surface area contributed by atoms with Crippen molar-refractivity contribution in [1.82, 2.24) is 15.0 Å². The van der Waals surface area contributed by atoms with Crippen LogP contribution >= 0.6 is 23.4 Å². The fourth-order valence-electron chi connectivity index (χ4n) is 3.43. The molecule has 5 rings (SSSR count). The van der Waals surface area contributed by atoms with Gasteiger partial charge in [-0.05, 0) is 31.5 Å². The summed E-state index contributed by atoms with van der Waals surface area (Å²) in [5.41, 5.74) is 5.03. The molecule has 0 amide bonds. The van der Waals surface area contributed by atoms with Gasteiger partial charge in [0.05, 0.1) is 23.3 Å². The smallest absolute Gasteiger partial charge is 0.229 e. The van der Waals surface area contributed by atoms with Crippen LogP contribution in [0, 0.1) is 0 Å². The lowest BCUT2D eigenvalue weighted by Gasteiger charge is -2.30. The summed E-state index contributed by atoms with van der Waals surface area (Å²) in [6.07, 6.45) is 2.33. The Balaban J connectivity index is 1.56. The maximum atomic E-state index is 6.28. The van der Waals surface area contributed by atoms with Gasteiger partial charge in [-0.25, -0.2) is 15.0 Å². The van der Waals surface area contributed by atoms with Crippen molar-refractivity contribution in [3.8, 4) is 0 Å². The van der Waals surface area contributed by atoms with Crippen molar-refractivity contribution in [3.63, 3.8) is 0 Å². The average Bonchev–Trinajstić information content (AvgIpc) is 3.03. The first-order valence-corrected chi connectivity index (χ1v) is 10.4. The van der Waals surface area contributed by atoms with Crippen LogP contribution in [0.1, 0.15) is 30.7 Å². The lowest BCUT2D eigenvalue weighted by Crippen LogP contribution is -2.32. The average molecular weight is 412 g/mol. The van der Waals surface area contributed by atoms with Crippen molar-refractivity contribution in [3.05, 3.63) is 58.5 Å². The highest BCUT2D eigenvalue weighted by atomic mass is 35.5. The van der Waals surface area contributed by atoms with Crippen LogP contribution in [-0.2, 0) is 23.5 Å². The predicted octanol–water partition coefficient (Wildman–Crippen LogP) is 5.57. The summed E-state index contributed by atoms with van der Waals surface area (Å²) in [6.45, 7) is 4.71. The molecule has 0 unspecified atom stereocenters. The van der Waals surface area contributed by atoms with Crippen LogP contribution in [0.5, 0.6) is 0 Å². The summed E-state index contributed by atoms with van der Waals surface area (Å²) in [5.74, 6) is 0.703. The van der Waals surface area contributed by atoms with Crippen LogP contribution in [0.25, 0.3) is 22.2 Å². The van der Waals surface area contributed by atoms with Gasteiger partial charge in [0, 0.05) is 22.8 Å². The van der Waals surface area contributed by atoms with Gasteiger partial charge >= 0.3 is 0 Å². The van der Waals surface area contributed by atoms with E-state index in [9.17, 15) is 0 Å². The Kier molecular flexibility index (Phi) is 4.30. The van der Waals surface area contributed by atoms with Gasteiger partial charge < -0.3 is 9.15 Å². The molecule has 1 aliphatic rings. The number of aromatic nitrogens is 3. The molecule has 4 heterocycles. The molecule has 1 aromatic carbocycles. The summed E-state index contributed by atoms with van der Waals surface area (Å²) >= 11 is 7.86. The largest absolute Gasteiger partial charge is 0.433 e. The van der Waals surface area contributed by atoms with Crippen LogP contribution in [0.4, 0.5) is 0 Å². The van der Waals surface area contributed by atoms with Crippen LogP contribution in [0.2, 0.25) is 5.02 Å². The van der Waals surface area contributed by atoms with E-state index in [0.717, 1.165) is 44.2 Å². The van der Waals surface area contributed by atoms with Gasteiger partial charge in [0.1, 0.15) is 16.9 Å². The molecule has 0 radical (unpaired) electrons. The van der Waals surface area contributed by atoms with Gasteiger partial charge in [-0.15, -0.1) is 0 Å². The summed E-state index contributed by atoms with van der Waals surface area (Å²) in [7, 11) is 0. The van der Waals surface area contributed by atoms with Crippen LogP contribution in [-0.4, -0.2) is 20.6 Å². The van der Waals surface area contributed by atoms with Gasteiger partial charge in [-0.3, -0.25) is 0 Å². The Morgan fingerprint density at radius 2 is 2.07 bits per heavy atom. The molecule has 0 spiro atoms. The Hall–Kier alpha value is -2.15. The van der Waals surface area contributed by atoms with E-state index in [1.165, 1.54) is 0 Å². The van der Waals surface area contributed by atoms with E-state index in [4.69, 9.17) is 25.7 Å². The second-order valence-corrected chi connectivity index (χ2v) is 8.88. The van der Waals surface area contributed by atoms with E-state index in [1.807, 2.05) is 24.3 Å². The molecule has 5 nitrogen and oxygen atoms in total. The van der Waals surface area contributed by atoms with E-state index in [1.54, 1.807) is 18.1 Å². The van der Waals surface area contributed by atoms with Gasteiger partial charge in [0.15, 0.2) is 5.58 Å². The number of hydrogen-bond donors (Lipinski definition) is 0. The molecule has 0 N–H and O–H groups in total. The van der Waals surface area contributed by atoms with Crippen molar-refractivity contribution in [2.45, 2.75) is 43.3 Å². The maximum Gasteiger partial charge on any atom is 0.229 e. The monoisotopic (exact) mass is 411 g/mol. The lowest BCUT2D eigenvalue weighted by atomic mass is 9.95. The number of rotatable bonds is 3.